The van der Waals surface area contributed by atoms with Gasteiger partial charge in [-0.25, -0.2) is 0 Å². The van der Waals surface area contributed by atoms with Gasteiger partial charge in [-0.3, -0.25) is 10.1 Å². The number of thiocarbonyl (C=S) groups is 1. The zero-order valence-electron chi connectivity index (χ0n) is 15.8. The average Bonchev–Trinajstić information content (AvgIpc) is 2.54. The summed E-state index contributed by atoms with van der Waals surface area (Å²) in [6, 6.07) is 12.5. The Bertz CT molecular complexity index is 893. The molecule has 1 heterocycles. The highest BCUT2D eigenvalue weighted by atomic mass is 32.2. The Morgan fingerprint density at radius 1 is 1.11 bits per heavy atom. The van der Waals surface area contributed by atoms with Crippen molar-refractivity contribution in [3.8, 4) is 0 Å². The molecular formula is C20H23N3O2S2. The average molecular weight is 402 g/mol. The minimum absolute atomic E-state index is 0.0532. The number of nitrogens with one attached hydrogen (secondary N) is 2. The maximum absolute atomic E-state index is 10.8. The normalized spacial score (nSPS) is 16.9. The first-order valence-corrected chi connectivity index (χ1v) is 9.95. The number of rotatable bonds is 3. The molecule has 2 N–H and O–H groups in total. The molecule has 5 nitrogen and oxygen atoms in total. The van der Waals surface area contributed by atoms with Crippen LogP contribution in [0.5, 0.6) is 0 Å². The predicted molar refractivity (Wildman–Crippen MR) is 117 cm³/mol. The largest absolute Gasteiger partial charge is 0.332 e. The SMILES string of the molecule is CC1(C)CC(C)(C)c2cccc(NC(=S)Nc3ccc([N+](=O)[O-])cc3)c2S1. The molecule has 0 aliphatic carbocycles. The summed E-state index contributed by atoms with van der Waals surface area (Å²) >= 11 is 7.33. The van der Waals surface area contributed by atoms with E-state index in [4.69, 9.17) is 12.2 Å². The Morgan fingerprint density at radius 3 is 2.41 bits per heavy atom. The van der Waals surface area contributed by atoms with E-state index >= 15 is 0 Å². The minimum atomic E-state index is -0.419. The van der Waals surface area contributed by atoms with Gasteiger partial charge in [-0.15, -0.1) is 11.8 Å². The van der Waals surface area contributed by atoms with Crippen molar-refractivity contribution < 1.29 is 4.92 Å². The Morgan fingerprint density at radius 2 is 1.78 bits per heavy atom. The number of thioether (sulfide) groups is 1. The lowest BCUT2D eigenvalue weighted by molar-refractivity contribution is -0.384. The summed E-state index contributed by atoms with van der Waals surface area (Å²) in [4.78, 5) is 11.6. The summed E-state index contributed by atoms with van der Waals surface area (Å²) in [7, 11) is 0. The summed E-state index contributed by atoms with van der Waals surface area (Å²) in [6.45, 7) is 9.11. The maximum Gasteiger partial charge on any atom is 0.269 e. The lowest BCUT2D eigenvalue weighted by Crippen LogP contribution is -2.34. The van der Waals surface area contributed by atoms with Crippen LogP contribution in [0.1, 0.15) is 39.7 Å². The summed E-state index contributed by atoms with van der Waals surface area (Å²) in [5.74, 6) is 0. The molecular weight excluding hydrogens is 378 g/mol. The molecule has 0 bridgehead atoms. The van der Waals surface area contributed by atoms with Gasteiger partial charge in [0.05, 0.1) is 10.6 Å². The van der Waals surface area contributed by atoms with E-state index in [1.165, 1.54) is 22.6 Å². The van der Waals surface area contributed by atoms with Gasteiger partial charge < -0.3 is 10.6 Å². The van der Waals surface area contributed by atoms with Crippen LogP contribution in [0.3, 0.4) is 0 Å². The quantitative estimate of drug-likeness (QED) is 0.376. The van der Waals surface area contributed by atoms with E-state index in [-0.39, 0.29) is 15.8 Å². The number of non-ortho nitro benzene ring substituents is 1. The van der Waals surface area contributed by atoms with Gasteiger partial charge in [-0.05, 0) is 47.8 Å². The highest BCUT2D eigenvalue weighted by molar-refractivity contribution is 8.00. The first-order valence-electron chi connectivity index (χ1n) is 8.72. The number of fused-ring (bicyclic) bond motifs is 1. The summed E-state index contributed by atoms with van der Waals surface area (Å²) in [6.07, 6.45) is 1.10. The Kier molecular flexibility index (Phi) is 5.18. The van der Waals surface area contributed by atoms with E-state index < -0.39 is 4.92 Å². The van der Waals surface area contributed by atoms with Crippen LogP contribution in [0, 0.1) is 10.1 Å². The number of hydrogen-bond donors (Lipinski definition) is 2. The number of hydrogen-bond acceptors (Lipinski definition) is 4. The van der Waals surface area contributed by atoms with Gasteiger partial charge in [-0.1, -0.05) is 39.8 Å². The second-order valence-corrected chi connectivity index (χ2v) is 10.1. The maximum atomic E-state index is 10.8. The summed E-state index contributed by atoms with van der Waals surface area (Å²) in [5, 5.41) is 17.6. The van der Waals surface area contributed by atoms with Crippen LogP contribution in [0.25, 0.3) is 0 Å². The molecule has 0 radical (unpaired) electrons. The molecule has 0 aromatic heterocycles. The molecule has 0 atom stereocenters. The first-order chi connectivity index (χ1) is 12.6. The number of nitrogens with zero attached hydrogens (tertiary/aromatic N) is 1. The van der Waals surface area contributed by atoms with Gasteiger partial charge in [0.1, 0.15) is 0 Å². The molecule has 2 aromatic rings. The van der Waals surface area contributed by atoms with Gasteiger partial charge >= 0.3 is 0 Å². The van der Waals surface area contributed by atoms with E-state index in [0.29, 0.717) is 10.8 Å². The second-order valence-electron chi connectivity index (χ2n) is 7.99. The highest BCUT2D eigenvalue weighted by Crippen LogP contribution is 2.53. The van der Waals surface area contributed by atoms with Gasteiger partial charge in [0, 0.05) is 27.5 Å². The smallest absolute Gasteiger partial charge is 0.269 e. The molecule has 7 heteroatoms. The number of nitro groups is 1. The van der Waals surface area contributed by atoms with Crippen LogP contribution in [-0.4, -0.2) is 14.8 Å². The fourth-order valence-electron chi connectivity index (χ4n) is 3.70. The molecule has 0 unspecified atom stereocenters. The minimum Gasteiger partial charge on any atom is -0.332 e. The fourth-order valence-corrected chi connectivity index (χ4v) is 5.60. The van der Waals surface area contributed by atoms with E-state index in [1.807, 2.05) is 17.8 Å². The lowest BCUT2D eigenvalue weighted by atomic mass is 9.77. The van der Waals surface area contributed by atoms with Gasteiger partial charge in [-0.2, -0.15) is 0 Å². The van der Waals surface area contributed by atoms with Crippen molar-refractivity contribution in [1.82, 2.24) is 0 Å². The molecule has 0 saturated heterocycles. The molecule has 2 aromatic carbocycles. The van der Waals surface area contributed by atoms with E-state index in [1.54, 1.807) is 12.1 Å². The monoisotopic (exact) mass is 401 g/mol. The molecule has 27 heavy (non-hydrogen) atoms. The van der Waals surface area contributed by atoms with Crippen LogP contribution in [-0.2, 0) is 5.41 Å². The highest BCUT2D eigenvalue weighted by Gasteiger charge is 2.39. The predicted octanol–water partition coefficient (Wildman–Crippen LogP) is 5.96. The van der Waals surface area contributed by atoms with Crippen LogP contribution in [0.4, 0.5) is 17.1 Å². The third kappa shape index (κ3) is 4.42. The molecule has 142 valence electrons. The fraction of sp³-hybridized carbons (Fsp3) is 0.350. The first kappa shape index (κ1) is 19.6. The van der Waals surface area contributed by atoms with Crippen molar-refractivity contribution in [1.29, 1.82) is 0 Å². The van der Waals surface area contributed by atoms with Crippen LogP contribution < -0.4 is 10.6 Å². The Hall–Kier alpha value is -2.12. The van der Waals surface area contributed by atoms with Crippen molar-refractivity contribution >= 4 is 46.2 Å². The number of anilines is 2. The van der Waals surface area contributed by atoms with Gasteiger partial charge in [0.25, 0.3) is 5.69 Å². The molecule has 0 spiro atoms. The zero-order chi connectivity index (χ0) is 19.8. The van der Waals surface area contributed by atoms with E-state index in [0.717, 1.165) is 12.1 Å². The van der Waals surface area contributed by atoms with Crippen molar-refractivity contribution in [3.63, 3.8) is 0 Å². The molecule has 3 rings (SSSR count). The molecule has 1 aliphatic heterocycles. The molecule has 0 saturated carbocycles. The van der Waals surface area contributed by atoms with Crippen LogP contribution >= 0.6 is 24.0 Å². The lowest BCUT2D eigenvalue weighted by Gasteiger charge is -2.42. The van der Waals surface area contributed by atoms with E-state index in [2.05, 4.69) is 50.5 Å². The van der Waals surface area contributed by atoms with Gasteiger partial charge in [0.15, 0.2) is 5.11 Å². The van der Waals surface area contributed by atoms with Gasteiger partial charge in [0.2, 0.25) is 0 Å². The Labute approximate surface area is 169 Å². The summed E-state index contributed by atoms with van der Waals surface area (Å²) < 4.78 is 0.141. The van der Waals surface area contributed by atoms with Crippen molar-refractivity contribution in [2.45, 2.75) is 49.2 Å². The number of nitro benzene ring substituents is 1. The molecule has 1 aliphatic rings. The van der Waals surface area contributed by atoms with Crippen LogP contribution in [0.15, 0.2) is 47.4 Å². The van der Waals surface area contributed by atoms with Crippen LogP contribution in [0.2, 0.25) is 0 Å². The third-order valence-corrected chi connectivity index (χ3v) is 6.12. The third-order valence-electron chi connectivity index (χ3n) is 4.57. The molecule has 0 fully saturated rings. The molecule has 0 amide bonds. The van der Waals surface area contributed by atoms with Crippen molar-refractivity contribution in [3.05, 3.63) is 58.1 Å². The Balaban J connectivity index is 1.80. The topological polar surface area (TPSA) is 67.2 Å². The second kappa shape index (κ2) is 7.13. The standard InChI is InChI=1S/C20H23N3O2S2/c1-19(2)12-20(3,4)27-17-15(19)6-5-7-16(17)22-18(26)21-13-8-10-14(11-9-13)23(24)25/h5-11H,12H2,1-4H3,(H2,21,22,26). The zero-order valence-corrected chi connectivity index (χ0v) is 17.5. The summed E-state index contributed by atoms with van der Waals surface area (Å²) in [5.41, 5.74) is 3.16. The van der Waals surface area contributed by atoms with E-state index in [9.17, 15) is 10.1 Å². The van der Waals surface area contributed by atoms with Crippen molar-refractivity contribution in [2.24, 2.45) is 0 Å². The number of benzene rings is 2. The van der Waals surface area contributed by atoms with Crippen molar-refractivity contribution in [2.75, 3.05) is 10.6 Å².